The van der Waals surface area contributed by atoms with Crippen LogP contribution in [0, 0.1) is 6.92 Å². The Morgan fingerprint density at radius 2 is 1.84 bits per heavy atom. The van der Waals surface area contributed by atoms with E-state index in [-0.39, 0.29) is 11.8 Å². The van der Waals surface area contributed by atoms with Crippen molar-refractivity contribution >= 4 is 28.3 Å². The predicted octanol–water partition coefficient (Wildman–Crippen LogP) is 2.06. The Morgan fingerprint density at radius 3 is 2.47 bits per heavy atom. The topological polar surface area (TPSA) is 71.1 Å². The summed E-state index contributed by atoms with van der Waals surface area (Å²) < 4.78 is 4.10. The van der Waals surface area contributed by atoms with Crippen molar-refractivity contribution in [3.05, 3.63) is 47.2 Å². The maximum Gasteiger partial charge on any atom is 0.256 e. The quantitative estimate of drug-likeness (QED) is 0.900. The second-order valence-corrected chi connectivity index (χ2v) is 4.64. The molecular formula is C13H13N3O2S. The molecule has 0 aliphatic rings. The molecule has 0 fully saturated rings. The highest BCUT2D eigenvalue weighted by Gasteiger charge is 2.19. The number of anilines is 1. The largest absolute Gasteiger partial charge is 0.355 e. The number of carbonyl (C=O) groups excluding carboxylic acids is 2. The van der Waals surface area contributed by atoms with Gasteiger partial charge in [0, 0.05) is 12.6 Å². The molecule has 0 bridgehead atoms. The van der Waals surface area contributed by atoms with E-state index in [2.05, 4.69) is 15.0 Å². The molecule has 19 heavy (non-hydrogen) atoms. The molecule has 0 radical (unpaired) electrons. The van der Waals surface area contributed by atoms with Crippen LogP contribution < -0.4 is 10.6 Å². The highest BCUT2D eigenvalue weighted by Crippen LogP contribution is 2.24. The van der Waals surface area contributed by atoms with Gasteiger partial charge >= 0.3 is 0 Å². The molecule has 2 amide bonds. The fourth-order valence-electron chi connectivity index (χ4n) is 1.61. The van der Waals surface area contributed by atoms with Crippen molar-refractivity contribution < 1.29 is 9.59 Å². The van der Waals surface area contributed by atoms with E-state index in [1.54, 1.807) is 38.2 Å². The zero-order chi connectivity index (χ0) is 13.8. The summed E-state index contributed by atoms with van der Waals surface area (Å²) in [5, 5.41) is 5.72. The Morgan fingerprint density at radius 1 is 1.16 bits per heavy atom. The van der Waals surface area contributed by atoms with Crippen LogP contribution in [0.4, 0.5) is 5.00 Å². The van der Waals surface area contributed by atoms with Crippen molar-refractivity contribution in [1.29, 1.82) is 0 Å². The molecule has 0 aliphatic carbocycles. The number of benzene rings is 1. The maximum absolute atomic E-state index is 12.0. The summed E-state index contributed by atoms with van der Waals surface area (Å²) in [5.41, 5.74) is 1.56. The Bertz CT molecular complexity index is 608. The van der Waals surface area contributed by atoms with Gasteiger partial charge in [0.1, 0.15) is 5.00 Å². The number of nitrogens with one attached hydrogen (secondary N) is 2. The van der Waals surface area contributed by atoms with Gasteiger partial charge in [-0.15, -0.1) is 0 Å². The molecule has 0 spiro atoms. The lowest BCUT2D eigenvalue weighted by molar-refractivity contribution is 0.0963. The smallest absolute Gasteiger partial charge is 0.256 e. The number of carbonyl (C=O) groups is 2. The summed E-state index contributed by atoms with van der Waals surface area (Å²) >= 11 is 1.10. The van der Waals surface area contributed by atoms with Crippen LogP contribution >= 0.6 is 11.5 Å². The standard InChI is InChI=1S/C13H13N3O2S/c1-8-10(12(18)14-2)13(19-16-8)15-11(17)9-6-4-3-5-7-9/h3-7H,1-2H3,(H,14,18)(H,15,17). The molecule has 0 unspecified atom stereocenters. The molecule has 1 aromatic carbocycles. The second-order valence-electron chi connectivity index (χ2n) is 3.87. The number of nitrogens with zero attached hydrogens (tertiary/aromatic N) is 1. The van der Waals surface area contributed by atoms with Gasteiger partial charge in [0.25, 0.3) is 11.8 Å². The van der Waals surface area contributed by atoms with Crippen LogP contribution in [-0.2, 0) is 0 Å². The Labute approximate surface area is 114 Å². The lowest BCUT2D eigenvalue weighted by Crippen LogP contribution is -2.21. The molecule has 0 saturated carbocycles. The van der Waals surface area contributed by atoms with Gasteiger partial charge in [-0.05, 0) is 30.6 Å². The zero-order valence-electron chi connectivity index (χ0n) is 10.6. The van der Waals surface area contributed by atoms with Crippen molar-refractivity contribution in [2.45, 2.75) is 6.92 Å². The fourth-order valence-corrected chi connectivity index (χ4v) is 2.40. The first kappa shape index (κ1) is 13.2. The number of aromatic nitrogens is 1. The Kier molecular flexibility index (Phi) is 3.91. The van der Waals surface area contributed by atoms with Gasteiger partial charge in [-0.3, -0.25) is 9.59 Å². The minimum absolute atomic E-state index is 0.255. The number of hydrogen-bond acceptors (Lipinski definition) is 4. The minimum Gasteiger partial charge on any atom is -0.355 e. The maximum atomic E-state index is 12.0. The van der Waals surface area contributed by atoms with E-state index in [0.717, 1.165) is 11.5 Å². The normalized spacial score (nSPS) is 10.0. The van der Waals surface area contributed by atoms with Crippen LogP contribution in [-0.4, -0.2) is 23.2 Å². The summed E-state index contributed by atoms with van der Waals surface area (Å²) in [6, 6.07) is 8.83. The second kappa shape index (κ2) is 5.62. The van der Waals surface area contributed by atoms with Crippen LogP contribution in [0.2, 0.25) is 0 Å². The van der Waals surface area contributed by atoms with Gasteiger partial charge in [0.15, 0.2) is 0 Å². The van der Waals surface area contributed by atoms with Gasteiger partial charge in [0.05, 0.1) is 11.3 Å². The molecule has 0 saturated heterocycles. The fraction of sp³-hybridized carbons (Fsp3) is 0.154. The van der Waals surface area contributed by atoms with E-state index in [1.165, 1.54) is 0 Å². The molecule has 2 N–H and O–H groups in total. The van der Waals surface area contributed by atoms with E-state index < -0.39 is 0 Å². The summed E-state index contributed by atoms with van der Waals surface area (Å²) in [4.78, 5) is 23.8. The van der Waals surface area contributed by atoms with E-state index in [1.807, 2.05) is 6.07 Å². The van der Waals surface area contributed by atoms with E-state index >= 15 is 0 Å². The molecule has 1 heterocycles. The number of amides is 2. The van der Waals surface area contributed by atoms with Crippen molar-refractivity contribution in [3.8, 4) is 0 Å². The van der Waals surface area contributed by atoms with E-state index in [9.17, 15) is 9.59 Å². The highest BCUT2D eigenvalue weighted by molar-refractivity contribution is 7.11. The molecule has 98 valence electrons. The first-order chi connectivity index (χ1) is 9.13. The van der Waals surface area contributed by atoms with Crippen LogP contribution in [0.1, 0.15) is 26.4 Å². The van der Waals surface area contributed by atoms with Crippen molar-refractivity contribution in [3.63, 3.8) is 0 Å². The number of rotatable bonds is 3. The Balaban J connectivity index is 2.25. The first-order valence-electron chi connectivity index (χ1n) is 5.68. The number of hydrogen-bond donors (Lipinski definition) is 2. The third kappa shape index (κ3) is 2.79. The van der Waals surface area contributed by atoms with Crippen LogP contribution in [0.3, 0.4) is 0 Å². The van der Waals surface area contributed by atoms with Gasteiger partial charge in [-0.2, -0.15) is 4.37 Å². The zero-order valence-corrected chi connectivity index (χ0v) is 11.4. The molecule has 6 heteroatoms. The monoisotopic (exact) mass is 275 g/mol. The minimum atomic E-state index is -0.255. The average molecular weight is 275 g/mol. The lowest BCUT2D eigenvalue weighted by atomic mass is 10.2. The number of aryl methyl sites for hydroxylation is 1. The molecule has 0 atom stereocenters. The van der Waals surface area contributed by atoms with Gasteiger partial charge in [-0.25, -0.2) is 0 Å². The third-order valence-corrected chi connectivity index (χ3v) is 3.43. The molecule has 2 rings (SSSR count). The van der Waals surface area contributed by atoms with E-state index in [0.29, 0.717) is 21.8 Å². The lowest BCUT2D eigenvalue weighted by Gasteiger charge is -2.05. The van der Waals surface area contributed by atoms with Gasteiger partial charge in [0.2, 0.25) is 0 Å². The highest BCUT2D eigenvalue weighted by atomic mass is 32.1. The van der Waals surface area contributed by atoms with Crippen LogP contribution in [0.25, 0.3) is 0 Å². The summed E-state index contributed by atoms with van der Waals surface area (Å²) in [7, 11) is 1.54. The Hall–Kier alpha value is -2.21. The van der Waals surface area contributed by atoms with E-state index in [4.69, 9.17) is 0 Å². The van der Waals surface area contributed by atoms with Gasteiger partial charge < -0.3 is 10.6 Å². The first-order valence-corrected chi connectivity index (χ1v) is 6.45. The summed E-state index contributed by atoms with van der Waals surface area (Å²) in [6.45, 7) is 1.74. The molecule has 1 aromatic heterocycles. The van der Waals surface area contributed by atoms with Crippen LogP contribution in [0.5, 0.6) is 0 Å². The molecule has 0 aliphatic heterocycles. The molecule has 5 nitrogen and oxygen atoms in total. The summed E-state index contributed by atoms with van der Waals surface area (Å²) in [6.07, 6.45) is 0. The van der Waals surface area contributed by atoms with Crippen molar-refractivity contribution in [2.75, 3.05) is 12.4 Å². The third-order valence-electron chi connectivity index (χ3n) is 2.58. The predicted molar refractivity (Wildman–Crippen MR) is 74.6 cm³/mol. The van der Waals surface area contributed by atoms with Crippen molar-refractivity contribution in [1.82, 2.24) is 9.69 Å². The SMILES string of the molecule is CNC(=O)c1c(C)nsc1NC(=O)c1ccccc1. The summed E-state index contributed by atoms with van der Waals surface area (Å²) in [5.74, 6) is -0.510. The van der Waals surface area contributed by atoms with Gasteiger partial charge in [-0.1, -0.05) is 18.2 Å². The van der Waals surface area contributed by atoms with Crippen molar-refractivity contribution in [2.24, 2.45) is 0 Å². The average Bonchev–Trinajstić information content (AvgIpc) is 2.80. The molecular weight excluding hydrogens is 262 g/mol. The molecule has 2 aromatic rings. The van der Waals surface area contributed by atoms with Crippen LogP contribution in [0.15, 0.2) is 30.3 Å².